The van der Waals surface area contributed by atoms with Crippen LogP contribution in [0.1, 0.15) is 5.56 Å². The van der Waals surface area contributed by atoms with E-state index in [9.17, 15) is 4.79 Å². The van der Waals surface area contributed by atoms with Crippen molar-refractivity contribution in [2.24, 2.45) is 0 Å². The quantitative estimate of drug-likeness (QED) is 0.463. The van der Waals surface area contributed by atoms with Gasteiger partial charge in [0.15, 0.2) is 18.9 Å². The van der Waals surface area contributed by atoms with Gasteiger partial charge in [-0.3, -0.25) is 0 Å². The highest BCUT2D eigenvalue weighted by Gasteiger charge is 2.05. The SMILES string of the molecule is Cc1cc(=O)oc2cc(OCC[n+]3ccccc3)ccc12.[Br-]. The zero-order valence-electron chi connectivity index (χ0n) is 12.2. The average Bonchev–Trinajstić information content (AvgIpc) is 2.48. The fourth-order valence-corrected chi connectivity index (χ4v) is 2.25. The van der Waals surface area contributed by atoms with Gasteiger partial charge in [-0.15, -0.1) is 0 Å². The lowest BCUT2D eigenvalue weighted by atomic mass is 10.1. The molecule has 0 saturated heterocycles. The van der Waals surface area contributed by atoms with E-state index in [-0.39, 0.29) is 22.6 Å². The van der Waals surface area contributed by atoms with Crippen molar-refractivity contribution in [1.82, 2.24) is 0 Å². The molecular weight excluding hydrogens is 346 g/mol. The number of pyridine rings is 1. The highest BCUT2D eigenvalue weighted by molar-refractivity contribution is 5.81. The van der Waals surface area contributed by atoms with Gasteiger partial charge in [-0.2, -0.15) is 0 Å². The number of hydrogen-bond acceptors (Lipinski definition) is 3. The van der Waals surface area contributed by atoms with E-state index in [1.165, 1.54) is 6.07 Å². The Morgan fingerprint density at radius 1 is 1.14 bits per heavy atom. The maximum Gasteiger partial charge on any atom is 0.336 e. The van der Waals surface area contributed by atoms with E-state index in [1.54, 1.807) is 6.07 Å². The molecule has 0 N–H and O–H groups in total. The molecule has 4 nitrogen and oxygen atoms in total. The molecule has 114 valence electrons. The van der Waals surface area contributed by atoms with Crippen LogP contribution in [0.4, 0.5) is 0 Å². The number of nitrogens with zero attached hydrogens (tertiary/aromatic N) is 1. The van der Waals surface area contributed by atoms with E-state index in [0.717, 1.165) is 17.5 Å². The fraction of sp³-hybridized carbons (Fsp3) is 0.176. The molecule has 2 aromatic heterocycles. The van der Waals surface area contributed by atoms with Gasteiger partial charge in [0.2, 0.25) is 0 Å². The van der Waals surface area contributed by atoms with Gasteiger partial charge in [-0.1, -0.05) is 6.07 Å². The Hall–Kier alpha value is -2.14. The van der Waals surface area contributed by atoms with Crippen LogP contribution in [-0.4, -0.2) is 6.61 Å². The smallest absolute Gasteiger partial charge is 0.336 e. The average molecular weight is 362 g/mol. The van der Waals surface area contributed by atoms with E-state index in [2.05, 4.69) is 0 Å². The first-order valence-electron chi connectivity index (χ1n) is 6.84. The van der Waals surface area contributed by atoms with Gasteiger partial charge in [0.25, 0.3) is 0 Å². The van der Waals surface area contributed by atoms with Gasteiger partial charge in [0.05, 0.1) is 0 Å². The lowest BCUT2D eigenvalue weighted by Crippen LogP contribution is -3.00. The Bertz CT molecular complexity index is 815. The van der Waals surface area contributed by atoms with E-state index >= 15 is 0 Å². The molecule has 22 heavy (non-hydrogen) atoms. The summed E-state index contributed by atoms with van der Waals surface area (Å²) in [6, 6.07) is 13.0. The predicted molar refractivity (Wildman–Crippen MR) is 79.4 cm³/mol. The minimum atomic E-state index is -0.336. The molecule has 3 aromatic rings. The van der Waals surface area contributed by atoms with Crippen molar-refractivity contribution < 1.29 is 30.7 Å². The van der Waals surface area contributed by atoms with E-state index in [4.69, 9.17) is 9.15 Å². The first-order chi connectivity index (χ1) is 10.2. The number of rotatable bonds is 4. The van der Waals surface area contributed by atoms with Gasteiger partial charge in [-0.05, 0) is 24.6 Å². The normalized spacial score (nSPS) is 10.2. The number of benzene rings is 1. The van der Waals surface area contributed by atoms with Crippen molar-refractivity contribution in [1.29, 1.82) is 0 Å². The van der Waals surface area contributed by atoms with Gasteiger partial charge in [0.1, 0.15) is 17.9 Å². The summed E-state index contributed by atoms with van der Waals surface area (Å²) >= 11 is 0. The molecule has 3 rings (SSSR count). The second-order valence-corrected chi connectivity index (χ2v) is 4.87. The molecule has 1 aromatic carbocycles. The van der Waals surface area contributed by atoms with Crippen molar-refractivity contribution >= 4 is 11.0 Å². The highest BCUT2D eigenvalue weighted by Crippen LogP contribution is 2.22. The lowest BCUT2D eigenvalue weighted by molar-refractivity contribution is -0.697. The van der Waals surface area contributed by atoms with Crippen LogP contribution in [0.15, 0.2) is 64.1 Å². The van der Waals surface area contributed by atoms with E-state index < -0.39 is 0 Å². The molecule has 0 spiro atoms. The molecule has 0 saturated carbocycles. The molecule has 2 heterocycles. The van der Waals surface area contributed by atoms with Crippen LogP contribution in [-0.2, 0) is 6.54 Å². The molecule has 0 aliphatic carbocycles. The van der Waals surface area contributed by atoms with Crippen molar-refractivity contribution in [3.63, 3.8) is 0 Å². The van der Waals surface area contributed by atoms with Crippen molar-refractivity contribution in [2.75, 3.05) is 6.61 Å². The number of ether oxygens (including phenoxy) is 1. The summed E-state index contributed by atoms with van der Waals surface area (Å²) in [5.41, 5.74) is 1.13. The standard InChI is InChI=1S/C17H16NO3.BrH/c1-13-11-17(19)21-16-12-14(5-6-15(13)16)20-10-9-18-7-3-2-4-8-18;/h2-8,11-12H,9-10H2,1H3;1H/q+1;/p-1. The fourth-order valence-electron chi connectivity index (χ4n) is 2.25. The summed E-state index contributed by atoms with van der Waals surface area (Å²) < 4.78 is 13.0. The molecule has 0 aliphatic rings. The minimum Gasteiger partial charge on any atom is -1.00 e. The molecular formula is C17H16BrNO3. The number of aromatic nitrogens is 1. The molecule has 0 amide bonds. The van der Waals surface area contributed by atoms with Crippen LogP contribution in [0, 0.1) is 6.92 Å². The largest absolute Gasteiger partial charge is 1.00 e. The zero-order chi connectivity index (χ0) is 14.7. The molecule has 0 radical (unpaired) electrons. The number of aryl methyl sites for hydroxylation is 1. The number of hydrogen-bond donors (Lipinski definition) is 0. The minimum absolute atomic E-state index is 0. The summed E-state index contributed by atoms with van der Waals surface area (Å²) in [4.78, 5) is 11.4. The predicted octanol–water partition coefficient (Wildman–Crippen LogP) is -0.528. The van der Waals surface area contributed by atoms with Crippen molar-refractivity contribution in [3.8, 4) is 5.75 Å². The summed E-state index contributed by atoms with van der Waals surface area (Å²) in [6.07, 6.45) is 3.98. The Morgan fingerprint density at radius 2 is 1.91 bits per heavy atom. The van der Waals surface area contributed by atoms with Gasteiger partial charge in [0, 0.05) is 29.7 Å². The van der Waals surface area contributed by atoms with E-state index in [0.29, 0.717) is 17.9 Å². The van der Waals surface area contributed by atoms with Gasteiger partial charge < -0.3 is 26.1 Å². The maximum absolute atomic E-state index is 11.4. The second kappa shape index (κ2) is 7.22. The molecule has 0 unspecified atom stereocenters. The molecule has 5 heteroatoms. The summed E-state index contributed by atoms with van der Waals surface area (Å²) in [5.74, 6) is 0.702. The summed E-state index contributed by atoms with van der Waals surface area (Å²) in [7, 11) is 0. The van der Waals surface area contributed by atoms with Crippen LogP contribution in [0.2, 0.25) is 0 Å². The van der Waals surface area contributed by atoms with Crippen LogP contribution >= 0.6 is 0 Å². The monoisotopic (exact) mass is 361 g/mol. The molecule has 0 bridgehead atoms. The summed E-state index contributed by atoms with van der Waals surface area (Å²) in [5, 5.41) is 0.930. The molecule has 0 atom stereocenters. The second-order valence-electron chi connectivity index (χ2n) is 4.87. The third-order valence-corrected chi connectivity index (χ3v) is 3.32. The third kappa shape index (κ3) is 3.74. The lowest BCUT2D eigenvalue weighted by Gasteiger charge is -2.06. The Balaban J connectivity index is 0.00000176. The topological polar surface area (TPSA) is 43.3 Å². The highest BCUT2D eigenvalue weighted by atomic mass is 79.9. The van der Waals surface area contributed by atoms with Gasteiger partial charge >= 0.3 is 5.63 Å². The summed E-state index contributed by atoms with van der Waals surface area (Å²) in [6.45, 7) is 3.21. The van der Waals surface area contributed by atoms with Crippen molar-refractivity contribution in [2.45, 2.75) is 13.5 Å². The van der Waals surface area contributed by atoms with Crippen LogP contribution in [0.3, 0.4) is 0 Å². The molecule has 0 aliphatic heterocycles. The number of halogens is 1. The van der Waals surface area contributed by atoms with E-state index in [1.807, 2.05) is 54.2 Å². The first-order valence-corrected chi connectivity index (χ1v) is 6.84. The van der Waals surface area contributed by atoms with Gasteiger partial charge in [-0.25, -0.2) is 9.36 Å². The molecule has 0 fully saturated rings. The first kappa shape index (κ1) is 16.2. The van der Waals surface area contributed by atoms with Crippen molar-refractivity contribution in [3.05, 3.63) is 70.8 Å². The number of fused-ring (bicyclic) bond motifs is 1. The maximum atomic E-state index is 11.4. The third-order valence-electron chi connectivity index (χ3n) is 3.32. The van der Waals surface area contributed by atoms with Crippen LogP contribution in [0.5, 0.6) is 5.75 Å². The van der Waals surface area contributed by atoms with Crippen LogP contribution < -0.4 is 31.9 Å². The zero-order valence-corrected chi connectivity index (χ0v) is 13.7. The Morgan fingerprint density at radius 3 is 2.68 bits per heavy atom. The Kier molecular flexibility index (Phi) is 5.33. The Labute approximate surface area is 138 Å². The van der Waals surface area contributed by atoms with Crippen LogP contribution in [0.25, 0.3) is 11.0 Å².